The summed E-state index contributed by atoms with van der Waals surface area (Å²) in [5.74, 6) is 0.171. The summed E-state index contributed by atoms with van der Waals surface area (Å²) in [5, 5.41) is 18.4. The fourth-order valence-electron chi connectivity index (χ4n) is 0.739. The predicted octanol–water partition coefficient (Wildman–Crippen LogP) is 0.748. The maximum Gasteiger partial charge on any atom is 0.156 e. The minimum atomic E-state index is -0.822. The molecule has 0 radical (unpaired) electrons. The maximum absolute atomic E-state index is 9.28. The normalized spacial score (nSPS) is 16.9. The first-order valence-corrected chi connectivity index (χ1v) is 4.05. The van der Waals surface area contributed by atoms with Gasteiger partial charge in [-0.1, -0.05) is 13.8 Å². The number of hydrogen-bond acceptors (Lipinski definition) is 3. The zero-order valence-corrected chi connectivity index (χ0v) is 7.45. The van der Waals surface area contributed by atoms with Crippen LogP contribution in [0.5, 0.6) is 0 Å². The monoisotopic (exact) mass is 162 g/mol. The highest BCUT2D eigenvalue weighted by atomic mass is 16.6. The molecule has 0 heterocycles. The lowest BCUT2D eigenvalue weighted by molar-refractivity contribution is -0.120. The van der Waals surface area contributed by atoms with Gasteiger partial charge in [-0.15, -0.1) is 0 Å². The van der Waals surface area contributed by atoms with Crippen LogP contribution in [0.4, 0.5) is 0 Å². The van der Waals surface area contributed by atoms with E-state index in [1.54, 1.807) is 0 Å². The van der Waals surface area contributed by atoms with E-state index in [2.05, 4.69) is 0 Å². The molecule has 0 aliphatic heterocycles. The average molecular weight is 162 g/mol. The lowest BCUT2D eigenvalue weighted by atomic mass is 10.0. The first-order chi connectivity index (χ1) is 5.07. The summed E-state index contributed by atoms with van der Waals surface area (Å²) in [7, 11) is 0. The Kier molecular flexibility index (Phi) is 5.46. The van der Waals surface area contributed by atoms with E-state index in [4.69, 9.17) is 9.84 Å². The molecule has 0 aromatic rings. The molecule has 68 valence electrons. The highest BCUT2D eigenvalue weighted by Gasteiger charge is 2.14. The largest absolute Gasteiger partial charge is 0.393 e. The second-order valence-electron chi connectivity index (χ2n) is 2.96. The Morgan fingerprint density at radius 3 is 2.18 bits per heavy atom. The molecule has 2 atom stereocenters. The number of rotatable bonds is 5. The summed E-state index contributed by atoms with van der Waals surface area (Å²) in [6.07, 6.45) is -1.00. The molecule has 0 aliphatic carbocycles. The molecular formula is C8H18O3. The van der Waals surface area contributed by atoms with E-state index in [1.807, 2.05) is 20.8 Å². The predicted molar refractivity (Wildman–Crippen MR) is 43.1 cm³/mol. The van der Waals surface area contributed by atoms with Gasteiger partial charge in [0, 0.05) is 13.0 Å². The number of aliphatic hydroxyl groups excluding tert-OH is 2. The van der Waals surface area contributed by atoms with Gasteiger partial charge < -0.3 is 14.9 Å². The molecule has 0 spiro atoms. The van der Waals surface area contributed by atoms with Crippen molar-refractivity contribution in [1.82, 2.24) is 0 Å². The smallest absolute Gasteiger partial charge is 0.156 e. The maximum atomic E-state index is 9.28. The molecule has 0 amide bonds. The minimum Gasteiger partial charge on any atom is -0.393 e. The Morgan fingerprint density at radius 1 is 1.27 bits per heavy atom. The van der Waals surface area contributed by atoms with Crippen LogP contribution in [0.1, 0.15) is 27.2 Å². The van der Waals surface area contributed by atoms with Gasteiger partial charge in [-0.2, -0.15) is 0 Å². The summed E-state index contributed by atoms with van der Waals surface area (Å²) in [6.45, 7) is 6.10. The number of hydrogen-bond donors (Lipinski definition) is 2. The fourth-order valence-corrected chi connectivity index (χ4v) is 0.739. The molecule has 0 saturated carbocycles. The van der Waals surface area contributed by atoms with Crippen molar-refractivity contribution < 1.29 is 14.9 Å². The molecule has 0 aliphatic rings. The van der Waals surface area contributed by atoms with Crippen molar-refractivity contribution in [2.75, 3.05) is 6.61 Å². The fraction of sp³-hybridized carbons (Fsp3) is 1.00. The molecule has 0 rings (SSSR count). The second-order valence-corrected chi connectivity index (χ2v) is 2.96. The van der Waals surface area contributed by atoms with Gasteiger partial charge in [-0.05, 0) is 12.8 Å². The van der Waals surface area contributed by atoms with Crippen molar-refractivity contribution in [1.29, 1.82) is 0 Å². The highest BCUT2D eigenvalue weighted by molar-refractivity contribution is 4.60. The zero-order valence-electron chi connectivity index (χ0n) is 7.45. The third kappa shape index (κ3) is 5.18. The Balaban J connectivity index is 3.48. The molecule has 0 bridgehead atoms. The molecule has 0 aromatic heterocycles. The van der Waals surface area contributed by atoms with E-state index in [9.17, 15) is 5.11 Å². The Labute approximate surface area is 68.0 Å². The van der Waals surface area contributed by atoms with Crippen molar-refractivity contribution in [3.8, 4) is 0 Å². The van der Waals surface area contributed by atoms with Crippen LogP contribution in [0, 0.1) is 5.92 Å². The van der Waals surface area contributed by atoms with E-state index < -0.39 is 12.4 Å². The highest BCUT2D eigenvalue weighted by Crippen LogP contribution is 2.08. The first kappa shape index (κ1) is 10.9. The molecule has 0 fully saturated rings. The number of ether oxygens (including phenoxy) is 1. The van der Waals surface area contributed by atoms with Crippen molar-refractivity contribution >= 4 is 0 Å². The molecule has 3 nitrogen and oxygen atoms in total. The van der Waals surface area contributed by atoms with Crippen molar-refractivity contribution in [3.05, 3.63) is 0 Å². The SMILES string of the molecule is CCOC(O)CC(O)C(C)C. The van der Waals surface area contributed by atoms with Gasteiger partial charge in [0.2, 0.25) is 0 Å². The van der Waals surface area contributed by atoms with Crippen LogP contribution in [-0.2, 0) is 4.74 Å². The topological polar surface area (TPSA) is 49.7 Å². The van der Waals surface area contributed by atoms with Gasteiger partial charge in [0.25, 0.3) is 0 Å². The third-order valence-corrected chi connectivity index (χ3v) is 1.57. The Hall–Kier alpha value is -0.120. The molecule has 11 heavy (non-hydrogen) atoms. The molecule has 2 unspecified atom stereocenters. The minimum absolute atomic E-state index is 0.171. The van der Waals surface area contributed by atoms with Crippen molar-refractivity contribution in [2.24, 2.45) is 5.92 Å². The van der Waals surface area contributed by atoms with Gasteiger partial charge >= 0.3 is 0 Å². The summed E-state index contributed by atoms with van der Waals surface area (Å²) in [5.41, 5.74) is 0. The van der Waals surface area contributed by atoms with Crippen LogP contribution >= 0.6 is 0 Å². The molecule has 0 saturated heterocycles. The van der Waals surface area contributed by atoms with Crippen molar-refractivity contribution in [3.63, 3.8) is 0 Å². The summed E-state index contributed by atoms with van der Waals surface area (Å²) < 4.78 is 4.86. The summed E-state index contributed by atoms with van der Waals surface area (Å²) in [4.78, 5) is 0. The van der Waals surface area contributed by atoms with Gasteiger partial charge in [0.15, 0.2) is 6.29 Å². The molecule has 2 N–H and O–H groups in total. The molecule has 0 aromatic carbocycles. The van der Waals surface area contributed by atoms with Gasteiger partial charge in [0.05, 0.1) is 6.10 Å². The van der Waals surface area contributed by atoms with E-state index in [1.165, 1.54) is 0 Å². The van der Waals surface area contributed by atoms with Gasteiger partial charge in [-0.3, -0.25) is 0 Å². The number of aliphatic hydroxyl groups is 2. The lowest BCUT2D eigenvalue weighted by Crippen LogP contribution is -2.24. The van der Waals surface area contributed by atoms with Crippen molar-refractivity contribution in [2.45, 2.75) is 39.6 Å². The third-order valence-electron chi connectivity index (χ3n) is 1.57. The summed E-state index contributed by atoms with van der Waals surface area (Å²) in [6, 6.07) is 0. The molecular weight excluding hydrogens is 144 g/mol. The van der Waals surface area contributed by atoms with E-state index >= 15 is 0 Å². The van der Waals surface area contributed by atoms with E-state index in [-0.39, 0.29) is 5.92 Å². The summed E-state index contributed by atoms with van der Waals surface area (Å²) >= 11 is 0. The van der Waals surface area contributed by atoms with Gasteiger partial charge in [0.1, 0.15) is 0 Å². The van der Waals surface area contributed by atoms with Crippen LogP contribution in [0.3, 0.4) is 0 Å². The Morgan fingerprint density at radius 2 is 1.82 bits per heavy atom. The van der Waals surface area contributed by atoms with E-state index in [0.717, 1.165) is 0 Å². The average Bonchev–Trinajstić information content (AvgIpc) is 1.87. The zero-order chi connectivity index (χ0) is 8.85. The lowest BCUT2D eigenvalue weighted by Gasteiger charge is -2.17. The molecule has 3 heteroatoms. The first-order valence-electron chi connectivity index (χ1n) is 4.05. The second kappa shape index (κ2) is 5.52. The van der Waals surface area contributed by atoms with Gasteiger partial charge in [-0.25, -0.2) is 0 Å². The van der Waals surface area contributed by atoms with Crippen LogP contribution in [0.25, 0.3) is 0 Å². The van der Waals surface area contributed by atoms with Crippen LogP contribution in [-0.4, -0.2) is 29.2 Å². The standard InChI is InChI=1S/C8H18O3/c1-4-11-8(10)5-7(9)6(2)3/h6-10H,4-5H2,1-3H3. The van der Waals surface area contributed by atoms with E-state index in [0.29, 0.717) is 13.0 Å². The quantitative estimate of drug-likeness (QED) is 0.586. The Bertz CT molecular complexity index is 93.3. The van der Waals surface area contributed by atoms with Crippen LogP contribution < -0.4 is 0 Å². The van der Waals surface area contributed by atoms with Crippen LogP contribution in [0.2, 0.25) is 0 Å². The van der Waals surface area contributed by atoms with Crippen LogP contribution in [0.15, 0.2) is 0 Å².